The van der Waals surface area contributed by atoms with Crippen LogP contribution in [0.3, 0.4) is 0 Å². The Morgan fingerprint density at radius 2 is 2.16 bits per heavy atom. The number of piperidine rings is 1. The van der Waals surface area contributed by atoms with Crippen LogP contribution in [0.15, 0.2) is 12.1 Å². The summed E-state index contributed by atoms with van der Waals surface area (Å²) in [6, 6.07) is 3.84. The molecular weight excluding hydrogens is 336 g/mol. The maximum Gasteiger partial charge on any atom is 0.263 e. The smallest absolute Gasteiger partial charge is 0.263 e. The van der Waals surface area contributed by atoms with Crippen LogP contribution in [0.2, 0.25) is 0 Å². The van der Waals surface area contributed by atoms with Gasteiger partial charge in [0.05, 0.1) is 16.9 Å². The minimum absolute atomic E-state index is 0.0661. The van der Waals surface area contributed by atoms with E-state index in [2.05, 4.69) is 4.90 Å². The van der Waals surface area contributed by atoms with E-state index >= 15 is 0 Å². The highest BCUT2D eigenvalue weighted by molar-refractivity contribution is 7.14. The molecule has 136 valence electrons. The van der Waals surface area contributed by atoms with E-state index in [1.165, 1.54) is 24.2 Å². The molecule has 4 rings (SSSR count). The first-order valence-corrected chi connectivity index (χ1v) is 10.1. The third-order valence-corrected chi connectivity index (χ3v) is 6.85. The summed E-state index contributed by atoms with van der Waals surface area (Å²) >= 11 is 1.49. The zero-order chi connectivity index (χ0) is 17.4. The van der Waals surface area contributed by atoms with Gasteiger partial charge in [0.15, 0.2) is 0 Å². The van der Waals surface area contributed by atoms with Gasteiger partial charge in [-0.1, -0.05) is 0 Å². The molecule has 2 amide bonds. The van der Waals surface area contributed by atoms with Crippen molar-refractivity contribution in [2.45, 2.75) is 38.7 Å². The third-order valence-electron chi connectivity index (χ3n) is 5.80. The van der Waals surface area contributed by atoms with Crippen molar-refractivity contribution in [1.29, 1.82) is 0 Å². The summed E-state index contributed by atoms with van der Waals surface area (Å²) in [6.45, 7) is 3.65. The number of likely N-dealkylation sites (tertiary alicyclic amines) is 2. The maximum absolute atomic E-state index is 13.1. The molecule has 5 nitrogen and oxygen atoms in total. The molecule has 0 bridgehead atoms. The molecule has 1 atom stereocenters. The second-order valence-corrected chi connectivity index (χ2v) is 8.92. The van der Waals surface area contributed by atoms with Crippen LogP contribution in [0.4, 0.5) is 0 Å². The number of carbonyl (C=O) groups excluding carboxylic acids is 2. The zero-order valence-corrected chi connectivity index (χ0v) is 15.6. The van der Waals surface area contributed by atoms with Crippen molar-refractivity contribution < 1.29 is 14.3 Å². The molecule has 1 saturated carbocycles. The lowest BCUT2D eigenvalue weighted by Crippen LogP contribution is -2.50. The first kappa shape index (κ1) is 17.0. The number of ether oxygens (including phenoxy) is 1. The average molecular weight is 362 g/mol. The SMILES string of the molecule is COCc1ccc(C(=O)N2CCC3(CCCN(CC4CC4)C3=O)C2)s1. The third kappa shape index (κ3) is 3.34. The number of hydrogen-bond donors (Lipinski definition) is 0. The molecule has 1 aromatic heterocycles. The van der Waals surface area contributed by atoms with E-state index in [4.69, 9.17) is 4.74 Å². The largest absolute Gasteiger partial charge is 0.379 e. The number of rotatable bonds is 5. The number of nitrogens with zero attached hydrogens (tertiary/aromatic N) is 2. The van der Waals surface area contributed by atoms with E-state index in [1.54, 1.807) is 7.11 Å². The molecule has 0 radical (unpaired) electrons. The topological polar surface area (TPSA) is 49.9 Å². The number of amides is 2. The van der Waals surface area contributed by atoms with E-state index in [0.717, 1.165) is 48.0 Å². The second-order valence-electron chi connectivity index (χ2n) is 7.75. The van der Waals surface area contributed by atoms with Crippen molar-refractivity contribution in [2.75, 3.05) is 33.3 Å². The summed E-state index contributed by atoms with van der Waals surface area (Å²) in [5, 5.41) is 0. The summed E-state index contributed by atoms with van der Waals surface area (Å²) in [4.78, 5) is 31.7. The van der Waals surface area contributed by atoms with Crippen molar-refractivity contribution in [3.63, 3.8) is 0 Å². The summed E-state index contributed by atoms with van der Waals surface area (Å²) in [5.41, 5.74) is -0.324. The molecule has 1 aromatic rings. The maximum atomic E-state index is 13.1. The van der Waals surface area contributed by atoms with Gasteiger partial charge in [-0.3, -0.25) is 9.59 Å². The van der Waals surface area contributed by atoms with Gasteiger partial charge in [0.25, 0.3) is 5.91 Å². The average Bonchev–Trinajstić information content (AvgIpc) is 3.13. The molecule has 2 aliphatic heterocycles. The van der Waals surface area contributed by atoms with Crippen molar-refractivity contribution >= 4 is 23.2 Å². The number of hydrogen-bond acceptors (Lipinski definition) is 4. The van der Waals surface area contributed by atoms with E-state index in [1.807, 2.05) is 17.0 Å². The zero-order valence-electron chi connectivity index (χ0n) is 14.8. The van der Waals surface area contributed by atoms with E-state index in [-0.39, 0.29) is 11.3 Å². The van der Waals surface area contributed by atoms with Crippen molar-refractivity contribution in [2.24, 2.45) is 11.3 Å². The van der Waals surface area contributed by atoms with Gasteiger partial charge in [-0.2, -0.15) is 0 Å². The first-order valence-electron chi connectivity index (χ1n) is 9.28. The van der Waals surface area contributed by atoms with Gasteiger partial charge < -0.3 is 14.5 Å². The van der Waals surface area contributed by atoms with Crippen LogP contribution >= 0.6 is 11.3 Å². The lowest BCUT2D eigenvalue weighted by atomic mass is 9.78. The Morgan fingerprint density at radius 1 is 1.32 bits per heavy atom. The molecule has 6 heteroatoms. The fourth-order valence-electron chi connectivity index (χ4n) is 4.23. The Hall–Kier alpha value is -1.40. The van der Waals surface area contributed by atoms with Crippen LogP contribution in [-0.4, -0.2) is 54.9 Å². The van der Waals surface area contributed by atoms with E-state index in [0.29, 0.717) is 25.6 Å². The highest BCUT2D eigenvalue weighted by Gasteiger charge is 2.50. The van der Waals surface area contributed by atoms with Gasteiger partial charge in [0, 0.05) is 38.2 Å². The normalized spacial score (nSPS) is 26.7. The predicted octanol–water partition coefficient (Wildman–Crippen LogP) is 2.76. The van der Waals surface area contributed by atoms with Crippen LogP contribution in [0.25, 0.3) is 0 Å². The Bertz CT molecular complexity index is 669. The highest BCUT2D eigenvalue weighted by Crippen LogP contribution is 2.42. The number of thiophene rings is 1. The number of methoxy groups -OCH3 is 1. The Morgan fingerprint density at radius 3 is 2.92 bits per heavy atom. The monoisotopic (exact) mass is 362 g/mol. The van der Waals surface area contributed by atoms with Gasteiger partial charge in [0.1, 0.15) is 0 Å². The van der Waals surface area contributed by atoms with Gasteiger partial charge in [-0.05, 0) is 50.2 Å². The standard InChI is InChI=1S/C19H26N2O3S/c1-24-12-15-5-6-16(25-15)17(22)21-10-8-19(13-21)7-2-9-20(18(19)23)11-14-3-4-14/h5-6,14H,2-4,7-13H2,1H3. The summed E-state index contributed by atoms with van der Waals surface area (Å²) in [6.07, 6.45) is 5.34. The molecule has 1 spiro atoms. The van der Waals surface area contributed by atoms with Gasteiger partial charge in [-0.25, -0.2) is 0 Å². The highest BCUT2D eigenvalue weighted by atomic mass is 32.1. The quantitative estimate of drug-likeness (QED) is 0.809. The lowest BCUT2D eigenvalue weighted by Gasteiger charge is -2.39. The van der Waals surface area contributed by atoms with Gasteiger partial charge >= 0.3 is 0 Å². The minimum atomic E-state index is -0.324. The fourth-order valence-corrected chi connectivity index (χ4v) is 5.18. The van der Waals surface area contributed by atoms with Crippen LogP contribution in [-0.2, 0) is 16.1 Å². The second kappa shape index (κ2) is 6.72. The van der Waals surface area contributed by atoms with E-state index in [9.17, 15) is 9.59 Å². The van der Waals surface area contributed by atoms with E-state index < -0.39 is 0 Å². The summed E-state index contributed by atoms with van der Waals surface area (Å²) in [7, 11) is 1.66. The molecule has 1 unspecified atom stereocenters. The van der Waals surface area contributed by atoms with Crippen LogP contribution in [0.1, 0.15) is 46.7 Å². The van der Waals surface area contributed by atoms with Crippen molar-refractivity contribution in [1.82, 2.24) is 9.80 Å². The van der Waals surface area contributed by atoms with Crippen LogP contribution in [0.5, 0.6) is 0 Å². The van der Waals surface area contributed by atoms with Gasteiger partial charge in [-0.15, -0.1) is 11.3 Å². The number of carbonyl (C=O) groups is 2. The molecule has 0 N–H and O–H groups in total. The Kier molecular flexibility index (Phi) is 4.58. The Labute approximate surface area is 152 Å². The molecule has 25 heavy (non-hydrogen) atoms. The Balaban J connectivity index is 1.43. The van der Waals surface area contributed by atoms with Crippen LogP contribution < -0.4 is 0 Å². The molecule has 1 aliphatic carbocycles. The molecule has 3 heterocycles. The first-order chi connectivity index (χ1) is 12.1. The molecule has 0 aromatic carbocycles. The fraction of sp³-hybridized carbons (Fsp3) is 0.684. The molecule has 3 aliphatic rings. The van der Waals surface area contributed by atoms with Gasteiger partial charge in [0.2, 0.25) is 5.91 Å². The predicted molar refractivity (Wildman–Crippen MR) is 96.5 cm³/mol. The van der Waals surface area contributed by atoms with Crippen molar-refractivity contribution in [3.8, 4) is 0 Å². The summed E-state index contributed by atoms with van der Waals surface area (Å²) < 4.78 is 5.13. The molecule has 2 saturated heterocycles. The lowest BCUT2D eigenvalue weighted by molar-refractivity contribution is -0.145. The molecular formula is C19H26N2O3S. The summed E-state index contributed by atoms with van der Waals surface area (Å²) in [5.74, 6) is 1.09. The van der Waals surface area contributed by atoms with Crippen molar-refractivity contribution in [3.05, 3.63) is 21.9 Å². The molecule has 3 fully saturated rings. The minimum Gasteiger partial charge on any atom is -0.379 e. The van der Waals surface area contributed by atoms with Crippen LogP contribution in [0, 0.1) is 11.3 Å².